The summed E-state index contributed by atoms with van der Waals surface area (Å²) in [6.07, 6.45) is 1.66. The van der Waals surface area contributed by atoms with Crippen LogP contribution in [0.4, 0.5) is 5.82 Å². The lowest BCUT2D eigenvalue weighted by Gasteiger charge is -2.07. The molecule has 1 aromatic heterocycles. The normalized spacial score (nSPS) is 12.3. The molecular formula is C12H12N2O2S. The van der Waals surface area contributed by atoms with Crippen LogP contribution in [0, 0.1) is 0 Å². The lowest BCUT2D eigenvalue weighted by atomic mass is 10.0. The third kappa shape index (κ3) is 2.89. The van der Waals surface area contributed by atoms with E-state index in [2.05, 4.69) is 4.98 Å². The molecule has 0 bridgehead atoms. The highest BCUT2D eigenvalue weighted by molar-refractivity contribution is 7.78. The minimum atomic E-state index is -1.85. The Labute approximate surface area is 102 Å². The largest absolute Gasteiger partial charge is 0.384 e. The maximum absolute atomic E-state index is 10.9. The fraction of sp³-hybridized carbons (Fsp3) is 0.0833. The van der Waals surface area contributed by atoms with Gasteiger partial charge in [0.2, 0.25) is 0 Å². The molecule has 0 saturated carbocycles. The molecule has 0 aliphatic heterocycles. The van der Waals surface area contributed by atoms with Crippen molar-refractivity contribution in [2.24, 2.45) is 0 Å². The number of hydrogen-bond acceptors (Lipinski definition) is 3. The predicted molar refractivity (Wildman–Crippen MR) is 68.6 cm³/mol. The summed E-state index contributed by atoms with van der Waals surface area (Å²) in [5, 5.41) is 0. The Kier molecular flexibility index (Phi) is 3.51. The van der Waals surface area contributed by atoms with Crippen LogP contribution in [-0.4, -0.2) is 13.7 Å². The van der Waals surface area contributed by atoms with Gasteiger partial charge < -0.3 is 10.3 Å². The van der Waals surface area contributed by atoms with Gasteiger partial charge in [0.1, 0.15) is 5.82 Å². The highest BCUT2D eigenvalue weighted by Gasteiger charge is 2.07. The smallest absolute Gasteiger partial charge is 0.157 e. The molecule has 2 aromatic rings. The Balaban J connectivity index is 2.44. The molecule has 4 nitrogen and oxygen atoms in total. The Hall–Kier alpha value is -1.72. The molecule has 5 heteroatoms. The van der Waals surface area contributed by atoms with E-state index in [9.17, 15) is 4.21 Å². The maximum Gasteiger partial charge on any atom is 0.157 e. The average molecular weight is 248 g/mol. The molecule has 1 unspecified atom stereocenters. The SMILES string of the molecule is Nc1ccc(-c2ccccc2CS(=O)O)cn1. The Morgan fingerprint density at radius 1 is 1.24 bits per heavy atom. The quantitative estimate of drug-likeness (QED) is 0.815. The minimum Gasteiger partial charge on any atom is -0.384 e. The third-order valence-corrected chi connectivity index (χ3v) is 2.95. The number of aromatic nitrogens is 1. The first-order valence-electron chi connectivity index (χ1n) is 5.04. The van der Waals surface area contributed by atoms with Crippen LogP contribution < -0.4 is 5.73 Å². The van der Waals surface area contributed by atoms with Gasteiger partial charge in [-0.25, -0.2) is 9.19 Å². The van der Waals surface area contributed by atoms with Gasteiger partial charge in [-0.3, -0.25) is 0 Å². The number of nitrogens with zero attached hydrogens (tertiary/aromatic N) is 1. The zero-order valence-corrected chi connectivity index (χ0v) is 9.85. The number of hydrogen-bond donors (Lipinski definition) is 2. The van der Waals surface area contributed by atoms with Crippen LogP contribution in [0.1, 0.15) is 5.56 Å². The van der Waals surface area contributed by atoms with Crippen LogP contribution in [0.5, 0.6) is 0 Å². The summed E-state index contributed by atoms with van der Waals surface area (Å²) < 4.78 is 19.8. The van der Waals surface area contributed by atoms with E-state index < -0.39 is 11.1 Å². The molecule has 0 saturated heterocycles. The van der Waals surface area contributed by atoms with Crippen molar-refractivity contribution < 1.29 is 8.76 Å². The second-order valence-corrected chi connectivity index (χ2v) is 4.53. The van der Waals surface area contributed by atoms with Crippen LogP contribution >= 0.6 is 0 Å². The molecule has 0 amide bonds. The molecule has 88 valence electrons. The third-order valence-electron chi connectivity index (χ3n) is 2.39. The number of nitrogens with two attached hydrogens (primary N) is 1. The summed E-state index contributed by atoms with van der Waals surface area (Å²) in [6, 6.07) is 11.0. The van der Waals surface area contributed by atoms with Gasteiger partial charge in [-0.2, -0.15) is 0 Å². The van der Waals surface area contributed by atoms with Crippen LogP contribution in [-0.2, 0) is 16.8 Å². The predicted octanol–water partition coefficient (Wildman–Crippen LogP) is 2.05. The molecule has 0 aliphatic carbocycles. The molecule has 0 spiro atoms. The lowest BCUT2D eigenvalue weighted by Crippen LogP contribution is -1.96. The minimum absolute atomic E-state index is 0.112. The number of pyridine rings is 1. The van der Waals surface area contributed by atoms with Gasteiger partial charge in [0, 0.05) is 11.8 Å². The van der Waals surface area contributed by atoms with Gasteiger partial charge in [0.05, 0.1) is 5.75 Å². The van der Waals surface area contributed by atoms with Gasteiger partial charge in [-0.05, 0) is 23.3 Å². The van der Waals surface area contributed by atoms with Gasteiger partial charge >= 0.3 is 0 Å². The number of anilines is 1. The summed E-state index contributed by atoms with van der Waals surface area (Å²) in [7, 11) is 0. The number of nitrogen functional groups attached to an aromatic ring is 1. The fourth-order valence-electron chi connectivity index (χ4n) is 1.63. The van der Waals surface area contributed by atoms with Crippen LogP contribution in [0.3, 0.4) is 0 Å². The molecule has 3 N–H and O–H groups in total. The standard InChI is InChI=1S/C12H12N2O2S/c13-12-6-5-9(7-14-12)11-4-2-1-3-10(11)8-17(15)16/h1-7H,8H2,(H2,13,14)(H,15,16). The second kappa shape index (κ2) is 5.07. The summed E-state index contributed by atoms with van der Waals surface area (Å²) in [5.41, 5.74) is 8.14. The van der Waals surface area contributed by atoms with Crippen molar-refractivity contribution in [3.8, 4) is 11.1 Å². The van der Waals surface area contributed by atoms with Crippen LogP contribution in [0.2, 0.25) is 0 Å². The van der Waals surface area contributed by atoms with Gasteiger partial charge in [-0.1, -0.05) is 24.3 Å². The fourth-order valence-corrected chi connectivity index (χ4v) is 2.14. The zero-order valence-electron chi connectivity index (χ0n) is 9.04. The lowest BCUT2D eigenvalue weighted by molar-refractivity contribution is 0.563. The van der Waals surface area contributed by atoms with Crippen LogP contribution in [0.25, 0.3) is 11.1 Å². The van der Waals surface area contributed by atoms with Crippen LogP contribution in [0.15, 0.2) is 42.6 Å². The van der Waals surface area contributed by atoms with E-state index >= 15 is 0 Å². The van der Waals surface area contributed by atoms with E-state index in [1.807, 2.05) is 30.3 Å². The van der Waals surface area contributed by atoms with E-state index in [4.69, 9.17) is 10.3 Å². The van der Waals surface area contributed by atoms with Gasteiger partial charge in [0.25, 0.3) is 0 Å². The second-order valence-electron chi connectivity index (χ2n) is 3.59. The highest BCUT2D eigenvalue weighted by Crippen LogP contribution is 2.24. The Morgan fingerprint density at radius 3 is 2.65 bits per heavy atom. The van der Waals surface area contributed by atoms with Crippen molar-refractivity contribution in [3.63, 3.8) is 0 Å². The summed E-state index contributed by atoms with van der Waals surface area (Å²) in [4.78, 5) is 4.02. The topological polar surface area (TPSA) is 76.2 Å². The molecule has 1 heterocycles. The van der Waals surface area contributed by atoms with E-state index in [1.165, 1.54) is 0 Å². The van der Waals surface area contributed by atoms with E-state index in [0.29, 0.717) is 5.82 Å². The molecule has 0 aliphatic rings. The van der Waals surface area contributed by atoms with Gasteiger partial charge in [0.15, 0.2) is 11.1 Å². The van der Waals surface area contributed by atoms with Crippen molar-refractivity contribution >= 4 is 16.9 Å². The summed E-state index contributed by atoms with van der Waals surface area (Å²) >= 11 is -1.85. The first-order valence-corrected chi connectivity index (χ1v) is 6.31. The summed E-state index contributed by atoms with van der Waals surface area (Å²) in [5.74, 6) is 0.567. The van der Waals surface area contributed by atoms with Crippen molar-refractivity contribution in [1.29, 1.82) is 0 Å². The van der Waals surface area contributed by atoms with Crippen molar-refractivity contribution in [2.75, 3.05) is 5.73 Å². The molecule has 0 fully saturated rings. The molecule has 0 radical (unpaired) electrons. The molecule has 1 atom stereocenters. The first kappa shape index (κ1) is 11.8. The van der Waals surface area contributed by atoms with Crippen molar-refractivity contribution in [2.45, 2.75) is 5.75 Å². The van der Waals surface area contributed by atoms with Crippen molar-refractivity contribution in [1.82, 2.24) is 4.98 Å². The van der Waals surface area contributed by atoms with E-state index in [1.54, 1.807) is 12.3 Å². The van der Waals surface area contributed by atoms with Crippen molar-refractivity contribution in [3.05, 3.63) is 48.2 Å². The van der Waals surface area contributed by atoms with E-state index in [-0.39, 0.29) is 5.75 Å². The average Bonchev–Trinajstić information content (AvgIpc) is 2.30. The Bertz CT molecular complexity index is 540. The maximum atomic E-state index is 10.9. The molecular weight excluding hydrogens is 236 g/mol. The molecule has 17 heavy (non-hydrogen) atoms. The molecule has 1 aromatic carbocycles. The zero-order chi connectivity index (χ0) is 12.3. The number of benzene rings is 1. The summed E-state index contributed by atoms with van der Waals surface area (Å²) in [6.45, 7) is 0. The van der Waals surface area contributed by atoms with Gasteiger partial charge in [-0.15, -0.1) is 0 Å². The monoisotopic (exact) mass is 248 g/mol. The molecule has 2 rings (SSSR count). The van der Waals surface area contributed by atoms with E-state index in [0.717, 1.165) is 16.7 Å². The highest BCUT2D eigenvalue weighted by atomic mass is 32.2. The Morgan fingerprint density at radius 2 is 2.00 bits per heavy atom. The number of rotatable bonds is 3. The first-order chi connectivity index (χ1) is 8.16.